The number of anilines is 1. The van der Waals surface area contributed by atoms with Crippen LogP contribution in [0.2, 0.25) is 5.02 Å². The molecule has 0 unspecified atom stereocenters. The first-order valence-corrected chi connectivity index (χ1v) is 11.5. The summed E-state index contributed by atoms with van der Waals surface area (Å²) in [5, 5.41) is 0.582. The molecule has 1 saturated heterocycles. The Bertz CT molecular complexity index is 1000. The summed E-state index contributed by atoms with van der Waals surface area (Å²) in [5.41, 5.74) is 2.51. The molecular weight excluding hydrogens is 396 g/mol. The van der Waals surface area contributed by atoms with E-state index in [1.807, 2.05) is 18.2 Å². The summed E-state index contributed by atoms with van der Waals surface area (Å²) in [7, 11) is -3.46. The molecule has 0 aliphatic carbocycles. The predicted molar refractivity (Wildman–Crippen MR) is 110 cm³/mol. The van der Waals surface area contributed by atoms with Gasteiger partial charge in [-0.2, -0.15) is 4.31 Å². The third-order valence-corrected chi connectivity index (χ3v) is 7.76. The van der Waals surface area contributed by atoms with E-state index in [4.69, 9.17) is 11.6 Å². The first kappa shape index (κ1) is 19.4. The Labute approximate surface area is 171 Å². The van der Waals surface area contributed by atoms with E-state index in [2.05, 4.69) is 0 Å². The van der Waals surface area contributed by atoms with Gasteiger partial charge in [-0.05, 0) is 54.7 Å². The monoisotopic (exact) mass is 418 g/mol. The lowest BCUT2D eigenvalue weighted by Gasteiger charge is -2.26. The molecule has 0 bridgehead atoms. The summed E-state index contributed by atoms with van der Waals surface area (Å²) in [6.45, 7) is 1.73. The quantitative estimate of drug-likeness (QED) is 0.761. The Morgan fingerprint density at radius 2 is 1.75 bits per heavy atom. The maximum Gasteiger partial charge on any atom is 0.243 e. The first-order valence-electron chi connectivity index (χ1n) is 9.64. The van der Waals surface area contributed by atoms with Gasteiger partial charge in [-0.1, -0.05) is 36.2 Å². The molecule has 4 rings (SSSR count). The molecule has 0 spiro atoms. The number of hydrogen-bond acceptors (Lipinski definition) is 3. The van der Waals surface area contributed by atoms with E-state index >= 15 is 0 Å². The minimum Gasteiger partial charge on any atom is -0.312 e. The van der Waals surface area contributed by atoms with Crippen molar-refractivity contribution in [3.63, 3.8) is 0 Å². The smallest absolute Gasteiger partial charge is 0.243 e. The van der Waals surface area contributed by atoms with Gasteiger partial charge >= 0.3 is 0 Å². The number of sulfonamides is 1. The fourth-order valence-electron chi connectivity index (χ4n) is 3.95. The number of piperidine rings is 1. The van der Waals surface area contributed by atoms with Crippen molar-refractivity contribution in [3.8, 4) is 0 Å². The van der Waals surface area contributed by atoms with Crippen LogP contribution in [0, 0.1) is 0 Å². The highest BCUT2D eigenvalue weighted by Crippen LogP contribution is 2.32. The summed E-state index contributed by atoms with van der Waals surface area (Å²) < 4.78 is 27.4. The Balaban J connectivity index is 1.55. The van der Waals surface area contributed by atoms with E-state index in [-0.39, 0.29) is 12.3 Å². The molecule has 148 valence electrons. The lowest BCUT2D eigenvalue weighted by atomic mass is 10.1. The van der Waals surface area contributed by atoms with Crippen molar-refractivity contribution < 1.29 is 13.2 Å². The van der Waals surface area contributed by atoms with Crippen molar-refractivity contribution in [2.24, 2.45) is 0 Å². The van der Waals surface area contributed by atoms with Gasteiger partial charge in [0.15, 0.2) is 0 Å². The normalized spacial score (nSPS) is 17.5. The van der Waals surface area contributed by atoms with E-state index in [1.165, 1.54) is 0 Å². The van der Waals surface area contributed by atoms with Gasteiger partial charge in [-0.15, -0.1) is 0 Å². The van der Waals surface area contributed by atoms with Crippen LogP contribution >= 0.6 is 11.6 Å². The van der Waals surface area contributed by atoms with Crippen LogP contribution in [0.15, 0.2) is 47.4 Å². The van der Waals surface area contributed by atoms with Gasteiger partial charge in [0.05, 0.1) is 11.3 Å². The number of fused-ring (bicyclic) bond motifs is 1. The fraction of sp³-hybridized carbons (Fsp3) is 0.381. The van der Waals surface area contributed by atoms with Crippen LogP contribution in [0.1, 0.15) is 30.4 Å². The number of amides is 1. The Morgan fingerprint density at radius 3 is 2.50 bits per heavy atom. The number of rotatable bonds is 4. The van der Waals surface area contributed by atoms with Crippen LogP contribution in [0.4, 0.5) is 5.69 Å². The number of benzene rings is 2. The summed E-state index contributed by atoms with van der Waals surface area (Å²) in [4.78, 5) is 14.9. The lowest BCUT2D eigenvalue weighted by Crippen LogP contribution is -2.35. The lowest BCUT2D eigenvalue weighted by molar-refractivity contribution is -0.117. The molecule has 0 aromatic heterocycles. The van der Waals surface area contributed by atoms with Crippen molar-refractivity contribution in [1.82, 2.24) is 4.31 Å². The molecule has 0 N–H and O–H groups in total. The minimum absolute atomic E-state index is 0.0292. The largest absolute Gasteiger partial charge is 0.312 e. The van der Waals surface area contributed by atoms with Crippen LogP contribution in [0.3, 0.4) is 0 Å². The first-order chi connectivity index (χ1) is 13.5. The maximum absolute atomic E-state index is 12.9. The van der Waals surface area contributed by atoms with Gasteiger partial charge in [0.25, 0.3) is 0 Å². The minimum atomic E-state index is -3.46. The summed E-state index contributed by atoms with van der Waals surface area (Å²) in [6, 6.07) is 12.5. The average molecular weight is 419 g/mol. The average Bonchev–Trinajstić information content (AvgIpc) is 3.14. The van der Waals surface area contributed by atoms with Gasteiger partial charge in [0.1, 0.15) is 0 Å². The van der Waals surface area contributed by atoms with Crippen LogP contribution < -0.4 is 4.90 Å². The highest BCUT2D eigenvalue weighted by molar-refractivity contribution is 7.89. The van der Waals surface area contributed by atoms with Gasteiger partial charge in [-0.25, -0.2) is 8.42 Å². The summed E-state index contributed by atoms with van der Waals surface area (Å²) in [6.07, 6.45) is 3.79. The number of nitrogens with zero attached hydrogens (tertiary/aromatic N) is 2. The van der Waals surface area contributed by atoms with Crippen molar-refractivity contribution >= 4 is 33.2 Å². The van der Waals surface area contributed by atoms with Crippen LogP contribution in [-0.2, 0) is 27.7 Å². The Hall–Kier alpha value is -1.89. The van der Waals surface area contributed by atoms with Gasteiger partial charge < -0.3 is 4.90 Å². The number of hydrogen-bond donors (Lipinski definition) is 0. The number of carbonyl (C=O) groups is 1. The summed E-state index contributed by atoms with van der Waals surface area (Å²) in [5.74, 6) is -0.0292. The fourth-order valence-corrected chi connectivity index (χ4v) is 5.72. The molecule has 2 aromatic rings. The van der Waals surface area contributed by atoms with E-state index in [1.54, 1.807) is 33.5 Å². The topological polar surface area (TPSA) is 57.7 Å². The van der Waals surface area contributed by atoms with Gasteiger partial charge in [0, 0.05) is 30.3 Å². The molecule has 1 fully saturated rings. The summed E-state index contributed by atoms with van der Waals surface area (Å²) >= 11 is 6.18. The second kappa shape index (κ2) is 7.85. The molecule has 1 amide bonds. The van der Waals surface area contributed by atoms with Crippen molar-refractivity contribution in [2.45, 2.75) is 37.0 Å². The third kappa shape index (κ3) is 3.69. The molecule has 0 atom stereocenters. The van der Waals surface area contributed by atoms with Crippen molar-refractivity contribution in [3.05, 3.63) is 58.6 Å². The molecule has 2 heterocycles. The van der Waals surface area contributed by atoms with E-state index in [0.717, 1.165) is 36.1 Å². The van der Waals surface area contributed by atoms with Crippen LogP contribution in [-0.4, -0.2) is 38.3 Å². The van der Waals surface area contributed by atoms with E-state index in [0.29, 0.717) is 36.0 Å². The molecule has 7 heteroatoms. The zero-order valence-corrected chi connectivity index (χ0v) is 17.2. The third-order valence-electron chi connectivity index (χ3n) is 5.50. The SMILES string of the molecule is O=C(Cc1ccccc1Cl)N1CCc2cc(S(=O)(=O)N3CCCCC3)ccc21. The highest BCUT2D eigenvalue weighted by Gasteiger charge is 2.30. The van der Waals surface area contributed by atoms with Gasteiger partial charge in [0.2, 0.25) is 15.9 Å². The highest BCUT2D eigenvalue weighted by atomic mass is 35.5. The van der Waals surface area contributed by atoms with Gasteiger partial charge in [-0.3, -0.25) is 4.79 Å². The Morgan fingerprint density at radius 1 is 1.00 bits per heavy atom. The Kier molecular flexibility index (Phi) is 5.45. The van der Waals surface area contributed by atoms with Crippen molar-refractivity contribution in [1.29, 1.82) is 0 Å². The van der Waals surface area contributed by atoms with Crippen LogP contribution in [0.5, 0.6) is 0 Å². The molecular formula is C21H23ClN2O3S. The van der Waals surface area contributed by atoms with E-state index in [9.17, 15) is 13.2 Å². The van der Waals surface area contributed by atoms with E-state index < -0.39 is 10.0 Å². The molecule has 0 radical (unpaired) electrons. The second-order valence-electron chi connectivity index (χ2n) is 7.32. The van der Waals surface area contributed by atoms with Crippen LogP contribution in [0.25, 0.3) is 0 Å². The number of halogens is 1. The standard InChI is InChI=1S/C21H23ClN2O3S/c22-19-7-3-2-6-16(19)15-21(25)24-13-10-17-14-18(8-9-20(17)24)28(26,27)23-11-4-1-5-12-23/h2-3,6-9,14H,1,4-5,10-13,15H2. The van der Waals surface area contributed by atoms with Crippen molar-refractivity contribution in [2.75, 3.05) is 24.5 Å². The predicted octanol–water partition coefficient (Wildman–Crippen LogP) is 3.65. The number of carbonyl (C=O) groups excluding carboxylic acids is 1. The zero-order chi connectivity index (χ0) is 19.7. The molecule has 5 nitrogen and oxygen atoms in total. The second-order valence-corrected chi connectivity index (χ2v) is 9.66. The molecule has 2 aliphatic heterocycles. The molecule has 2 aliphatic rings. The molecule has 28 heavy (non-hydrogen) atoms. The maximum atomic E-state index is 12.9. The zero-order valence-electron chi connectivity index (χ0n) is 15.6. The molecule has 0 saturated carbocycles. The molecule has 2 aromatic carbocycles.